The molecule has 0 saturated carbocycles. The Bertz CT molecular complexity index is 430. The van der Waals surface area contributed by atoms with Gasteiger partial charge in [-0.2, -0.15) is 0 Å². The maximum atomic E-state index is 11.7. The molecule has 0 unspecified atom stereocenters. The van der Waals surface area contributed by atoms with E-state index in [4.69, 9.17) is 4.74 Å². The van der Waals surface area contributed by atoms with Gasteiger partial charge in [-0.3, -0.25) is 0 Å². The van der Waals surface area contributed by atoms with E-state index in [0.29, 0.717) is 12.2 Å². The highest BCUT2D eigenvalue weighted by molar-refractivity contribution is 5.95. The van der Waals surface area contributed by atoms with Gasteiger partial charge >= 0.3 is 5.97 Å². The Labute approximate surface area is 89.6 Å². The lowest BCUT2D eigenvalue weighted by Crippen LogP contribution is -2.07. The molecule has 0 saturated heterocycles. The molecule has 0 amide bonds. The molecule has 1 aromatic rings. The van der Waals surface area contributed by atoms with Gasteiger partial charge in [0.1, 0.15) is 0 Å². The molecule has 0 atom stereocenters. The molecule has 2 heteroatoms. The molecule has 0 N–H and O–H groups in total. The minimum absolute atomic E-state index is 0.222. The number of allylic oxidation sites excluding steroid dienone is 1. The van der Waals surface area contributed by atoms with Crippen molar-refractivity contribution < 1.29 is 9.53 Å². The highest BCUT2D eigenvalue weighted by atomic mass is 16.5. The Balaban J connectivity index is 2.45. The van der Waals surface area contributed by atoms with E-state index in [2.05, 4.69) is 13.0 Å². The predicted octanol–water partition coefficient (Wildman–Crippen LogP) is 2.74. The maximum absolute atomic E-state index is 11.7. The summed E-state index contributed by atoms with van der Waals surface area (Å²) in [6.07, 6.45) is 5.02. The Morgan fingerprint density at radius 1 is 1.47 bits per heavy atom. The first-order valence-corrected chi connectivity index (χ1v) is 5.20. The summed E-state index contributed by atoms with van der Waals surface area (Å²) in [6, 6.07) is 3.83. The summed E-state index contributed by atoms with van der Waals surface area (Å²) in [5.41, 5.74) is 4.21. The van der Waals surface area contributed by atoms with Crippen LogP contribution in [0.15, 0.2) is 18.2 Å². The van der Waals surface area contributed by atoms with Gasteiger partial charge in [0.15, 0.2) is 0 Å². The van der Waals surface area contributed by atoms with E-state index in [1.54, 1.807) is 0 Å². The van der Waals surface area contributed by atoms with E-state index in [-0.39, 0.29) is 5.97 Å². The van der Waals surface area contributed by atoms with Crippen molar-refractivity contribution in [3.63, 3.8) is 0 Å². The number of hydrogen-bond acceptors (Lipinski definition) is 2. The summed E-state index contributed by atoms with van der Waals surface area (Å²) in [4.78, 5) is 11.7. The first-order chi connectivity index (χ1) is 7.24. The topological polar surface area (TPSA) is 26.3 Å². The molecule has 0 heterocycles. The molecular weight excluding hydrogens is 188 g/mol. The van der Waals surface area contributed by atoms with E-state index in [1.807, 2.05) is 25.1 Å². The van der Waals surface area contributed by atoms with E-state index in [1.165, 1.54) is 11.1 Å². The second kappa shape index (κ2) is 3.89. The molecule has 0 fully saturated rings. The standard InChI is InChI=1S/C13H14O2/c1-3-15-13(14)12-8-7-9(2)10-5-4-6-11(10)12/h4,6-8H,3,5H2,1-2H3. The van der Waals surface area contributed by atoms with Crippen molar-refractivity contribution in [3.05, 3.63) is 40.5 Å². The first kappa shape index (κ1) is 9.97. The van der Waals surface area contributed by atoms with E-state index >= 15 is 0 Å². The fourth-order valence-corrected chi connectivity index (χ4v) is 1.92. The number of hydrogen-bond donors (Lipinski definition) is 0. The van der Waals surface area contributed by atoms with Crippen LogP contribution in [0.5, 0.6) is 0 Å². The number of aryl methyl sites for hydroxylation is 1. The van der Waals surface area contributed by atoms with Crippen molar-refractivity contribution in [2.45, 2.75) is 20.3 Å². The van der Waals surface area contributed by atoms with Crippen LogP contribution >= 0.6 is 0 Å². The van der Waals surface area contributed by atoms with Gasteiger partial charge in [-0.15, -0.1) is 0 Å². The molecule has 1 aliphatic carbocycles. The van der Waals surface area contributed by atoms with Gasteiger partial charge in [-0.25, -0.2) is 4.79 Å². The van der Waals surface area contributed by atoms with Crippen LogP contribution in [-0.4, -0.2) is 12.6 Å². The second-order valence-electron chi connectivity index (χ2n) is 3.65. The number of carbonyl (C=O) groups is 1. The molecule has 2 nitrogen and oxygen atoms in total. The van der Waals surface area contributed by atoms with Crippen LogP contribution in [0.25, 0.3) is 6.08 Å². The third-order valence-electron chi connectivity index (χ3n) is 2.69. The Hall–Kier alpha value is -1.57. The highest BCUT2D eigenvalue weighted by Crippen LogP contribution is 2.26. The maximum Gasteiger partial charge on any atom is 0.338 e. The summed E-state index contributed by atoms with van der Waals surface area (Å²) >= 11 is 0. The monoisotopic (exact) mass is 202 g/mol. The van der Waals surface area contributed by atoms with Gasteiger partial charge in [-0.05, 0) is 43.0 Å². The number of benzene rings is 1. The van der Waals surface area contributed by atoms with Crippen LogP contribution in [0.4, 0.5) is 0 Å². The Kier molecular flexibility index (Phi) is 2.58. The largest absolute Gasteiger partial charge is 0.462 e. The summed E-state index contributed by atoms with van der Waals surface area (Å²) in [5.74, 6) is -0.222. The van der Waals surface area contributed by atoms with Crippen molar-refractivity contribution in [2.24, 2.45) is 0 Å². The fourth-order valence-electron chi connectivity index (χ4n) is 1.92. The summed E-state index contributed by atoms with van der Waals surface area (Å²) < 4.78 is 5.02. The average Bonchev–Trinajstić information content (AvgIpc) is 2.68. The number of rotatable bonds is 2. The minimum atomic E-state index is -0.222. The first-order valence-electron chi connectivity index (χ1n) is 5.20. The van der Waals surface area contributed by atoms with Crippen molar-refractivity contribution in [2.75, 3.05) is 6.61 Å². The van der Waals surface area contributed by atoms with Crippen LogP contribution in [0.1, 0.15) is 34.0 Å². The van der Waals surface area contributed by atoms with Crippen LogP contribution < -0.4 is 0 Å². The van der Waals surface area contributed by atoms with Crippen molar-refractivity contribution >= 4 is 12.0 Å². The summed E-state index contributed by atoms with van der Waals surface area (Å²) in [5, 5.41) is 0. The van der Waals surface area contributed by atoms with Crippen molar-refractivity contribution in [1.29, 1.82) is 0 Å². The zero-order valence-electron chi connectivity index (χ0n) is 9.04. The number of fused-ring (bicyclic) bond motifs is 1. The molecule has 2 rings (SSSR count). The van der Waals surface area contributed by atoms with Gasteiger partial charge < -0.3 is 4.74 Å². The predicted molar refractivity (Wildman–Crippen MR) is 59.9 cm³/mol. The molecule has 0 radical (unpaired) electrons. The second-order valence-corrected chi connectivity index (χ2v) is 3.65. The zero-order chi connectivity index (χ0) is 10.8. The van der Waals surface area contributed by atoms with Crippen LogP contribution in [0.3, 0.4) is 0 Å². The summed E-state index contributed by atoms with van der Waals surface area (Å²) in [7, 11) is 0. The number of carbonyl (C=O) groups excluding carboxylic acids is 1. The molecule has 15 heavy (non-hydrogen) atoms. The molecule has 0 bridgehead atoms. The third-order valence-corrected chi connectivity index (χ3v) is 2.69. The molecule has 0 spiro atoms. The molecule has 0 aliphatic heterocycles. The van der Waals surface area contributed by atoms with Crippen molar-refractivity contribution in [3.8, 4) is 0 Å². The fraction of sp³-hybridized carbons (Fsp3) is 0.308. The third kappa shape index (κ3) is 1.67. The van der Waals surface area contributed by atoms with Crippen molar-refractivity contribution in [1.82, 2.24) is 0 Å². The zero-order valence-corrected chi connectivity index (χ0v) is 9.04. The van der Waals surface area contributed by atoms with Crippen LogP contribution in [0.2, 0.25) is 0 Å². The van der Waals surface area contributed by atoms with Crippen LogP contribution in [0, 0.1) is 6.92 Å². The molecular formula is C13H14O2. The minimum Gasteiger partial charge on any atom is -0.462 e. The van der Waals surface area contributed by atoms with Gasteiger partial charge in [0.05, 0.1) is 12.2 Å². The van der Waals surface area contributed by atoms with Gasteiger partial charge in [0, 0.05) is 0 Å². The van der Waals surface area contributed by atoms with E-state index in [0.717, 1.165) is 12.0 Å². The van der Waals surface area contributed by atoms with Gasteiger partial charge in [-0.1, -0.05) is 18.2 Å². The van der Waals surface area contributed by atoms with Crippen LogP contribution in [-0.2, 0) is 11.2 Å². The number of ether oxygens (including phenoxy) is 1. The lowest BCUT2D eigenvalue weighted by molar-refractivity contribution is 0.0526. The summed E-state index contributed by atoms with van der Waals surface area (Å²) in [6.45, 7) is 4.31. The number of esters is 1. The SMILES string of the molecule is CCOC(=O)c1ccc(C)c2c1C=CC2. The lowest BCUT2D eigenvalue weighted by atomic mass is 9.99. The lowest BCUT2D eigenvalue weighted by Gasteiger charge is -2.09. The molecule has 78 valence electrons. The van der Waals surface area contributed by atoms with E-state index in [9.17, 15) is 4.79 Å². The quantitative estimate of drug-likeness (QED) is 0.689. The smallest absolute Gasteiger partial charge is 0.338 e. The Morgan fingerprint density at radius 3 is 3.00 bits per heavy atom. The Morgan fingerprint density at radius 2 is 2.27 bits per heavy atom. The normalized spacial score (nSPS) is 12.7. The van der Waals surface area contributed by atoms with E-state index < -0.39 is 0 Å². The van der Waals surface area contributed by atoms with Gasteiger partial charge in [0.2, 0.25) is 0 Å². The molecule has 1 aliphatic rings. The highest BCUT2D eigenvalue weighted by Gasteiger charge is 2.17. The molecule has 1 aromatic carbocycles. The van der Waals surface area contributed by atoms with Gasteiger partial charge in [0.25, 0.3) is 0 Å². The average molecular weight is 202 g/mol. The molecule has 0 aromatic heterocycles.